The lowest BCUT2D eigenvalue weighted by molar-refractivity contribution is -0.736. The molecule has 0 aliphatic rings. The van der Waals surface area contributed by atoms with Gasteiger partial charge >= 0.3 is 5.69 Å². The van der Waals surface area contributed by atoms with Gasteiger partial charge in [0.1, 0.15) is 0 Å². The van der Waals surface area contributed by atoms with E-state index in [-0.39, 0.29) is 0 Å². The molecule has 0 aliphatic carbocycles. The fraction of sp³-hybridized carbons (Fsp3) is 0.333. The van der Waals surface area contributed by atoms with Gasteiger partial charge in [-0.05, 0) is 12.0 Å². The molecule has 0 atom stereocenters. The lowest BCUT2D eigenvalue weighted by Crippen LogP contribution is -1.97. The van der Waals surface area contributed by atoms with Crippen molar-refractivity contribution in [1.82, 2.24) is 0 Å². The second-order valence-corrected chi connectivity index (χ2v) is 2.46. The highest BCUT2D eigenvalue weighted by Gasteiger charge is 2.12. The van der Waals surface area contributed by atoms with Gasteiger partial charge in [0, 0.05) is 12.1 Å². The molecule has 1 aromatic rings. The molecule has 0 saturated carbocycles. The smallest absolute Gasteiger partial charge is 0.230 e. The Morgan fingerprint density at radius 2 is 2.25 bits per heavy atom. The fourth-order valence-electron chi connectivity index (χ4n) is 0.995. The number of aryl methyl sites for hydroxylation is 1. The minimum atomic E-state index is 0.499. The predicted octanol–water partition coefficient (Wildman–Crippen LogP) is 2.22. The molecular weight excluding hydrogens is 154 g/mol. The lowest BCUT2D eigenvalue weighted by atomic mass is 10.1. The van der Waals surface area contributed by atoms with E-state index in [1.54, 1.807) is 6.07 Å². The summed E-state index contributed by atoms with van der Waals surface area (Å²) in [5, 5.41) is 0. The van der Waals surface area contributed by atoms with Crippen LogP contribution in [0.15, 0.2) is 24.3 Å². The van der Waals surface area contributed by atoms with Crippen molar-refractivity contribution in [1.29, 1.82) is 0 Å². The van der Waals surface area contributed by atoms with E-state index in [0.29, 0.717) is 10.6 Å². The van der Waals surface area contributed by atoms with Crippen LogP contribution >= 0.6 is 0 Å². The molecule has 0 amide bonds. The van der Waals surface area contributed by atoms with Crippen molar-refractivity contribution < 1.29 is 9.76 Å². The van der Waals surface area contributed by atoms with Gasteiger partial charge in [-0.25, -0.2) is 4.84 Å². The summed E-state index contributed by atoms with van der Waals surface area (Å²) in [4.78, 5) is 16.0. The van der Waals surface area contributed by atoms with Gasteiger partial charge in [-0.15, -0.1) is 0 Å². The van der Waals surface area contributed by atoms with Crippen molar-refractivity contribution in [2.75, 3.05) is 7.11 Å². The van der Waals surface area contributed by atoms with Crippen molar-refractivity contribution in [3.8, 4) is 0 Å². The van der Waals surface area contributed by atoms with Crippen molar-refractivity contribution in [3.63, 3.8) is 0 Å². The van der Waals surface area contributed by atoms with Crippen LogP contribution < -0.4 is 0 Å². The number of rotatable bonds is 3. The van der Waals surface area contributed by atoms with Crippen molar-refractivity contribution in [2.45, 2.75) is 13.3 Å². The van der Waals surface area contributed by atoms with Gasteiger partial charge in [-0.3, -0.25) is 0 Å². The van der Waals surface area contributed by atoms with Crippen LogP contribution in [0.25, 0.3) is 0 Å². The molecule has 64 valence electrons. The third-order valence-electron chi connectivity index (χ3n) is 1.70. The first-order valence-corrected chi connectivity index (χ1v) is 3.88. The van der Waals surface area contributed by atoms with E-state index in [1.165, 1.54) is 7.11 Å². The first-order chi connectivity index (χ1) is 5.77. The summed E-state index contributed by atoms with van der Waals surface area (Å²) >= 11 is 0. The van der Waals surface area contributed by atoms with E-state index >= 15 is 0 Å². The van der Waals surface area contributed by atoms with Gasteiger partial charge < -0.3 is 0 Å². The maximum absolute atomic E-state index is 11.0. The highest BCUT2D eigenvalue weighted by atomic mass is 16.8. The Bertz CT molecular complexity index is 284. The number of benzene rings is 1. The summed E-state index contributed by atoms with van der Waals surface area (Å²) in [6.07, 6.45) is 0.922. The standard InChI is InChI=1S/C9H12NO2/c1-3-8-5-4-6-9(7-8)10(11)12-2/h4-7H,3H2,1-2H3/q+1. The highest BCUT2D eigenvalue weighted by Crippen LogP contribution is 2.13. The fourth-order valence-corrected chi connectivity index (χ4v) is 0.995. The van der Waals surface area contributed by atoms with Gasteiger partial charge in [-0.2, -0.15) is 0 Å². The predicted molar refractivity (Wildman–Crippen MR) is 46.1 cm³/mol. The molecule has 0 saturated heterocycles. The van der Waals surface area contributed by atoms with Crippen LogP contribution in [0.3, 0.4) is 0 Å². The van der Waals surface area contributed by atoms with Gasteiger partial charge in [0.15, 0.2) is 7.11 Å². The first-order valence-electron chi connectivity index (χ1n) is 3.88. The summed E-state index contributed by atoms with van der Waals surface area (Å²) in [7, 11) is 1.35. The molecule has 0 unspecified atom stereocenters. The van der Waals surface area contributed by atoms with E-state index in [1.807, 2.05) is 25.1 Å². The van der Waals surface area contributed by atoms with Crippen molar-refractivity contribution >= 4 is 5.69 Å². The van der Waals surface area contributed by atoms with Crippen LogP contribution in [0.4, 0.5) is 5.69 Å². The summed E-state index contributed by atoms with van der Waals surface area (Å²) in [5.74, 6) is 0. The van der Waals surface area contributed by atoms with Crippen LogP contribution in [0.2, 0.25) is 0 Å². The Balaban J connectivity index is 2.93. The average molecular weight is 166 g/mol. The maximum Gasteiger partial charge on any atom is 0.317 e. The Morgan fingerprint density at radius 3 is 2.83 bits per heavy atom. The summed E-state index contributed by atoms with van der Waals surface area (Å²) in [6.45, 7) is 2.04. The third kappa shape index (κ3) is 1.81. The van der Waals surface area contributed by atoms with Gasteiger partial charge in [0.2, 0.25) is 0 Å². The molecule has 12 heavy (non-hydrogen) atoms. The number of hydrogen-bond donors (Lipinski definition) is 0. The van der Waals surface area contributed by atoms with Crippen LogP contribution in [-0.4, -0.2) is 12.0 Å². The minimum Gasteiger partial charge on any atom is -0.230 e. The minimum absolute atomic E-state index is 0.499. The monoisotopic (exact) mass is 166 g/mol. The SMILES string of the molecule is CCc1cccc([N+](=O)OC)c1. The third-order valence-corrected chi connectivity index (χ3v) is 1.70. The quantitative estimate of drug-likeness (QED) is 0.644. The molecule has 0 radical (unpaired) electrons. The van der Waals surface area contributed by atoms with Gasteiger partial charge in [-0.1, -0.05) is 19.1 Å². The molecule has 0 aliphatic heterocycles. The Morgan fingerprint density at radius 1 is 1.50 bits per heavy atom. The van der Waals surface area contributed by atoms with E-state index in [4.69, 9.17) is 0 Å². The number of nitrogens with zero attached hydrogens (tertiary/aromatic N) is 1. The first kappa shape index (κ1) is 8.71. The molecular formula is C9H12NO2+. The highest BCUT2D eigenvalue weighted by molar-refractivity contribution is 5.33. The molecule has 0 fully saturated rings. The average Bonchev–Trinajstić information content (AvgIpc) is 2.17. The second-order valence-electron chi connectivity index (χ2n) is 2.46. The zero-order valence-corrected chi connectivity index (χ0v) is 7.28. The molecule has 0 bridgehead atoms. The van der Waals surface area contributed by atoms with Crippen molar-refractivity contribution in [2.24, 2.45) is 0 Å². The van der Waals surface area contributed by atoms with Crippen molar-refractivity contribution in [3.05, 3.63) is 34.7 Å². The number of hydrogen-bond acceptors (Lipinski definition) is 2. The molecule has 3 heteroatoms. The van der Waals surface area contributed by atoms with Crippen LogP contribution in [0.1, 0.15) is 12.5 Å². The molecule has 3 nitrogen and oxygen atoms in total. The second kappa shape index (κ2) is 3.85. The van der Waals surface area contributed by atoms with E-state index in [0.717, 1.165) is 12.0 Å². The Hall–Kier alpha value is -1.38. The lowest BCUT2D eigenvalue weighted by Gasteiger charge is -1.93. The topological polar surface area (TPSA) is 29.3 Å². The zero-order valence-electron chi connectivity index (χ0n) is 7.28. The van der Waals surface area contributed by atoms with E-state index in [9.17, 15) is 4.91 Å². The zero-order chi connectivity index (χ0) is 8.97. The molecule has 0 N–H and O–H groups in total. The summed E-state index contributed by atoms with van der Waals surface area (Å²) in [5.41, 5.74) is 1.67. The molecule has 1 rings (SSSR count). The largest absolute Gasteiger partial charge is 0.317 e. The normalized spacial score (nSPS) is 9.50. The van der Waals surface area contributed by atoms with E-state index in [2.05, 4.69) is 4.84 Å². The Kier molecular flexibility index (Phi) is 2.80. The van der Waals surface area contributed by atoms with E-state index < -0.39 is 0 Å². The molecule has 0 spiro atoms. The van der Waals surface area contributed by atoms with Crippen LogP contribution in [0.5, 0.6) is 0 Å². The summed E-state index contributed by atoms with van der Waals surface area (Å²) in [6, 6.07) is 7.36. The molecule has 0 aromatic heterocycles. The van der Waals surface area contributed by atoms with Crippen LogP contribution in [0, 0.1) is 4.91 Å². The maximum atomic E-state index is 11.0. The van der Waals surface area contributed by atoms with Gasteiger partial charge in [0.25, 0.3) is 4.92 Å². The molecule has 1 aromatic carbocycles. The summed E-state index contributed by atoms with van der Waals surface area (Å²) < 4.78 is 0. The van der Waals surface area contributed by atoms with Gasteiger partial charge in [0.05, 0.1) is 4.91 Å². The Labute approximate surface area is 71.5 Å². The molecule has 0 heterocycles. The van der Waals surface area contributed by atoms with Crippen LogP contribution in [-0.2, 0) is 11.3 Å².